The molecule has 0 atom stereocenters. The summed E-state index contributed by atoms with van der Waals surface area (Å²) in [6.45, 7) is 1.46. The molecule has 1 saturated heterocycles. The first-order valence-electron chi connectivity index (χ1n) is 7.71. The molecule has 26 heavy (non-hydrogen) atoms. The van der Waals surface area contributed by atoms with Crippen LogP contribution in [0.3, 0.4) is 0 Å². The highest BCUT2D eigenvalue weighted by Crippen LogP contribution is 2.32. The molecule has 2 N–H and O–H groups in total. The Morgan fingerprint density at radius 2 is 1.96 bits per heavy atom. The lowest BCUT2D eigenvalue weighted by Crippen LogP contribution is -2.36. The summed E-state index contributed by atoms with van der Waals surface area (Å²) in [5.41, 5.74) is 1.03. The van der Waals surface area contributed by atoms with E-state index in [2.05, 4.69) is 15.6 Å². The van der Waals surface area contributed by atoms with Crippen LogP contribution in [0.15, 0.2) is 46.6 Å². The molecule has 136 valence electrons. The van der Waals surface area contributed by atoms with E-state index in [9.17, 15) is 9.59 Å². The number of hydrogen-bond acceptors (Lipinski definition) is 9. The van der Waals surface area contributed by atoms with Crippen molar-refractivity contribution in [2.45, 2.75) is 13.2 Å². The number of aromatic nitrogens is 1. The first kappa shape index (κ1) is 17.3. The third kappa shape index (κ3) is 3.32. The van der Waals surface area contributed by atoms with Crippen molar-refractivity contribution >= 4 is 17.6 Å². The third-order valence-electron chi connectivity index (χ3n) is 3.62. The zero-order valence-corrected chi connectivity index (χ0v) is 14.4. The van der Waals surface area contributed by atoms with Crippen molar-refractivity contribution in [3.63, 3.8) is 0 Å². The van der Waals surface area contributed by atoms with Gasteiger partial charge in [0, 0.05) is 25.7 Å². The number of methoxy groups -OCH3 is 1. The maximum Gasteiger partial charge on any atom is 0.352 e. The Balaban J connectivity index is 1.93. The molecule has 1 aliphatic rings. The minimum Gasteiger partial charge on any atom is -0.496 e. The summed E-state index contributed by atoms with van der Waals surface area (Å²) in [5.74, 6) is -0.309. The van der Waals surface area contributed by atoms with Crippen molar-refractivity contribution < 1.29 is 28.2 Å². The van der Waals surface area contributed by atoms with Gasteiger partial charge in [-0.05, 0) is 12.1 Å². The second-order valence-electron chi connectivity index (χ2n) is 5.28. The number of carbonyl (C=O) groups excluding carboxylic acids is 2. The lowest BCUT2D eigenvalue weighted by Gasteiger charge is -2.23. The van der Waals surface area contributed by atoms with Gasteiger partial charge < -0.3 is 29.3 Å². The van der Waals surface area contributed by atoms with Crippen LogP contribution in [0.2, 0.25) is 0 Å². The van der Waals surface area contributed by atoms with Gasteiger partial charge in [-0.25, -0.2) is 14.6 Å². The van der Waals surface area contributed by atoms with Gasteiger partial charge in [0.15, 0.2) is 17.7 Å². The molecular weight excluding hydrogens is 342 g/mol. The molecule has 0 unspecified atom stereocenters. The van der Waals surface area contributed by atoms with Gasteiger partial charge in [0.05, 0.1) is 18.9 Å². The highest BCUT2D eigenvalue weighted by Gasteiger charge is 2.34. The zero-order valence-electron chi connectivity index (χ0n) is 14.4. The normalized spacial score (nSPS) is 16.6. The first-order valence-corrected chi connectivity index (χ1v) is 7.71. The van der Waals surface area contributed by atoms with Gasteiger partial charge in [-0.1, -0.05) is 0 Å². The summed E-state index contributed by atoms with van der Waals surface area (Å²) in [4.78, 5) is 28.0. The van der Waals surface area contributed by atoms with Crippen LogP contribution < -0.4 is 15.4 Å². The van der Waals surface area contributed by atoms with E-state index in [1.807, 2.05) is 0 Å². The van der Waals surface area contributed by atoms with Gasteiger partial charge in [0.2, 0.25) is 6.29 Å². The predicted octanol–water partition coefficient (Wildman–Crippen LogP) is 1.64. The predicted molar refractivity (Wildman–Crippen MR) is 89.8 cm³/mol. The molecule has 9 heteroatoms. The van der Waals surface area contributed by atoms with E-state index in [4.69, 9.17) is 18.6 Å². The second-order valence-corrected chi connectivity index (χ2v) is 5.28. The number of anilines is 1. The fourth-order valence-corrected chi connectivity index (χ4v) is 2.45. The number of nitrogens with one attached hydrogen (secondary N) is 2. The molecule has 0 spiro atoms. The van der Waals surface area contributed by atoms with Gasteiger partial charge in [0.25, 0.3) is 0 Å². The van der Waals surface area contributed by atoms with Gasteiger partial charge >= 0.3 is 11.9 Å². The highest BCUT2D eigenvalue weighted by atomic mass is 16.7. The van der Waals surface area contributed by atoms with Crippen molar-refractivity contribution in [2.24, 2.45) is 0 Å². The molecule has 2 heterocycles. The Morgan fingerprint density at radius 1 is 1.23 bits per heavy atom. The van der Waals surface area contributed by atoms with Crippen LogP contribution in [0.5, 0.6) is 5.75 Å². The number of rotatable bonds is 5. The van der Waals surface area contributed by atoms with Crippen LogP contribution in [0.4, 0.5) is 5.69 Å². The van der Waals surface area contributed by atoms with Gasteiger partial charge in [-0.2, -0.15) is 0 Å². The molecule has 9 nitrogen and oxygen atoms in total. The van der Waals surface area contributed by atoms with E-state index < -0.39 is 18.2 Å². The van der Waals surface area contributed by atoms with Crippen molar-refractivity contribution in [1.29, 1.82) is 0 Å². The average Bonchev–Trinajstić information content (AvgIpc) is 3.14. The summed E-state index contributed by atoms with van der Waals surface area (Å²) < 4.78 is 20.5. The van der Waals surface area contributed by atoms with Crippen molar-refractivity contribution in [3.05, 3.63) is 42.2 Å². The van der Waals surface area contributed by atoms with Crippen LogP contribution in [0, 0.1) is 0 Å². The number of nitrogens with zero attached hydrogens (tertiary/aromatic N) is 1. The second kappa shape index (κ2) is 7.18. The number of hydrogen-bond donors (Lipinski definition) is 2. The molecule has 1 fully saturated rings. The Bertz CT molecular complexity index is 839. The van der Waals surface area contributed by atoms with E-state index in [1.165, 1.54) is 20.4 Å². The lowest BCUT2D eigenvalue weighted by molar-refractivity contribution is -0.190. The fourth-order valence-electron chi connectivity index (χ4n) is 2.45. The Morgan fingerprint density at radius 3 is 2.54 bits per heavy atom. The molecule has 1 aromatic carbocycles. The van der Waals surface area contributed by atoms with Crippen molar-refractivity contribution in [2.75, 3.05) is 19.5 Å². The summed E-state index contributed by atoms with van der Waals surface area (Å²) in [6.07, 6.45) is 1.98. The minimum absolute atomic E-state index is 0.154. The van der Waals surface area contributed by atoms with Crippen molar-refractivity contribution in [1.82, 2.24) is 10.3 Å². The molecule has 0 aliphatic carbocycles. The third-order valence-corrected chi connectivity index (χ3v) is 3.62. The maximum atomic E-state index is 12.0. The zero-order chi connectivity index (χ0) is 18.7. The summed E-state index contributed by atoms with van der Waals surface area (Å²) in [5, 5.41) is 5.73. The smallest absolute Gasteiger partial charge is 0.352 e. The van der Waals surface area contributed by atoms with Gasteiger partial charge in [-0.3, -0.25) is 0 Å². The molecule has 0 amide bonds. The number of carbonyl (C=O) groups is 2. The molecule has 0 saturated carbocycles. The highest BCUT2D eigenvalue weighted by molar-refractivity contribution is 6.16. The summed E-state index contributed by atoms with van der Waals surface area (Å²) >= 11 is 0. The maximum absolute atomic E-state index is 12.0. The number of esters is 2. The van der Waals surface area contributed by atoms with Crippen LogP contribution >= 0.6 is 0 Å². The van der Waals surface area contributed by atoms with Gasteiger partial charge in [0.1, 0.15) is 11.6 Å². The molecule has 2 aromatic rings. The molecular formula is C17H17N3O6. The average molecular weight is 359 g/mol. The van der Waals surface area contributed by atoms with Crippen LogP contribution in [0.25, 0.3) is 11.3 Å². The van der Waals surface area contributed by atoms with E-state index in [1.54, 1.807) is 31.4 Å². The monoisotopic (exact) mass is 359 g/mol. The Labute approximate surface area is 148 Å². The van der Waals surface area contributed by atoms with Crippen LogP contribution in [0.1, 0.15) is 6.92 Å². The van der Waals surface area contributed by atoms with Crippen LogP contribution in [-0.4, -0.2) is 37.4 Å². The largest absolute Gasteiger partial charge is 0.496 e. The van der Waals surface area contributed by atoms with Gasteiger partial charge in [-0.15, -0.1) is 0 Å². The SMILES string of the molecule is CNC(Nc1ccc(-c2cnco2)c(OC)c1)=C1C(=O)OC(C)OC1=O. The van der Waals surface area contributed by atoms with Crippen LogP contribution in [-0.2, 0) is 19.1 Å². The molecule has 0 bridgehead atoms. The molecule has 0 radical (unpaired) electrons. The number of benzene rings is 1. The molecule has 1 aliphatic heterocycles. The Kier molecular flexibility index (Phi) is 4.78. The number of cyclic esters (lactones) is 2. The quantitative estimate of drug-likeness (QED) is 0.467. The standard InChI is InChI=1S/C17H17N3O6/c1-9-25-16(21)14(17(22)26-9)15(18-2)20-10-4-5-11(12(6-10)23-3)13-7-19-8-24-13/h4-9,18,20H,1-3H3. The Hall–Kier alpha value is -3.49. The molecule has 1 aromatic heterocycles. The summed E-state index contributed by atoms with van der Waals surface area (Å²) in [6, 6.07) is 5.19. The lowest BCUT2D eigenvalue weighted by atomic mass is 10.1. The van der Waals surface area contributed by atoms with E-state index in [-0.39, 0.29) is 11.4 Å². The van der Waals surface area contributed by atoms with E-state index in [0.29, 0.717) is 22.8 Å². The molecule has 3 rings (SSSR count). The fraction of sp³-hybridized carbons (Fsp3) is 0.235. The van der Waals surface area contributed by atoms with E-state index in [0.717, 1.165) is 0 Å². The summed E-state index contributed by atoms with van der Waals surface area (Å²) in [7, 11) is 3.09. The number of oxazole rings is 1. The van der Waals surface area contributed by atoms with E-state index >= 15 is 0 Å². The minimum atomic E-state index is -0.918. The van der Waals surface area contributed by atoms with Crippen molar-refractivity contribution in [3.8, 4) is 17.1 Å². The first-order chi connectivity index (χ1) is 12.5. The topological polar surface area (TPSA) is 112 Å². The number of ether oxygens (including phenoxy) is 3.